The second-order valence-electron chi connectivity index (χ2n) is 5.42. The van der Waals surface area contributed by atoms with Crippen LogP contribution < -0.4 is 4.57 Å². The topological polar surface area (TPSA) is 25.9 Å². The smallest absolute Gasteiger partial charge is 0.243 e. The van der Waals surface area contributed by atoms with Crippen LogP contribution >= 0.6 is 0 Å². The fourth-order valence-corrected chi connectivity index (χ4v) is 2.90. The summed E-state index contributed by atoms with van der Waals surface area (Å²) in [6, 6.07) is 0. The van der Waals surface area contributed by atoms with Crippen molar-refractivity contribution in [2.24, 2.45) is 7.05 Å². The molecule has 0 aromatic carbocycles. The minimum Gasteiger partial charge on any atom is -0.260 e. The van der Waals surface area contributed by atoms with Crippen molar-refractivity contribution >= 4 is 10.8 Å². The fourth-order valence-electron chi connectivity index (χ4n) is 2.29. The summed E-state index contributed by atoms with van der Waals surface area (Å²) in [6.07, 6.45) is 18.5. The molecule has 0 saturated heterocycles. The van der Waals surface area contributed by atoms with Crippen LogP contribution in [0.2, 0.25) is 0 Å². The minimum atomic E-state index is -0.598. The van der Waals surface area contributed by atoms with E-state index in [4.69, 9.17) is 0 Å². The summed E-state index contributed by atoms with van der Waals surface area (Å²) < 4.78 is 15.2. The van der Waals surface area contributed by atoms with E-state index in [2.05, 4.69) is 34.9 Å². The van der Waals surface area contributed by atoms with Gasteiger partial charge in [0.1, 0.15) is 12.4 Å². The molecular weight excluding hydrogens is 256 g/mol. The van der Waals surface area contributed by atoms with Gasteiger partial charge < -0.3 is 0 Å². The molecule has 1 atom stereocenters. The lowest BCUT2D eigenvalue weighted by Gasteiger charge is -2.01. The average molecular weight is 285 g/mol. The van der Waals surface area contributed by atoms with Gasteiger partial charge in [-0.25, -0.2) is 9.13 Å². The van der Waals surface area contributed by atoms with Crippen molar-refractivity contribution in [3.05, 3.63) is 18.7 Å². The quantitative estimate of drug-likeness (QED) is 0.453. The summed E-state index contributed by atoms with van der Waals surface area (Å²) in [5.74, 6) is 0.883. The van der Waals surface area contributed by atoms with E-state index < -0.39 is 10.8 Å². The number of rotatable bonds is 11. The molecule has 1 aromatic heterocycles. The highest BCUT2D eigenvalue weighted by Crippen LogP contribution is 2.09. The molecule has 110 valence electrons. The number of hydrogen-bond donors (Lipinski definition) is 0. The van der Waals surface area contributed by atoms with Gasteiger partial charge >= 0.3 is 0 Å². The van der Waals surface area contributed by atoms with Crippen molar-refractivity contribution in [2.45, 2.75) is 57.9 Å². The lowest BCUT2D eigenvalue weighted by Crippen LogP contribution is -2.23. The zero-order valence-corrected chi connectivity index (χ0v) is 13.3. The molecule has 1 heterocycles. The molecule has 19 heavy (non-hydrogen) atoms. The van der Waals surface area contributed by atoms with E-state index in [1.54, 1.807) is 6.26 Å². The lowest BCUT2D eigenvalue weighted by atomic mass is 10.1. The van der Waals surface area contributed by atoms with Crippen LogP contribution in [0.1, 0.15) is 51.4 Å². The maximum atomic E-state index is 10.9. The van der Waals surface area contributed by atoms with Gasteiger partial charge in [0.15, 0.2) is 0 Å². The van der Waals surface area contributed by atoms with Crippen molar-refractivity contribution in [3.63, 3.8) is 0 Å². The summed E-state index contributed by atoms with van der Waals surface area (Å²) in [7, 11) is 1.46. The van der Waals surface area contributed by atoms with Gasteiger partial charge in [0.2, 0.25) is 6.33 Å². The Hall–Kier alpha value is -0.640. The molecule has 0 aliphatic heterocycles. The lowest BCUT2D eigenvalue weighted by molar-refractivity contribution is -0.671. The van der Waals surface area contributed by atoms with Crippen molar-refractivity contribution in [1.29, 1.82) is 0 Å². The van der Waals surface area contributed by atoms with Crippen LogP contribution in [0.3, 0.4) is 0 Å². The third-order valence-electron chi connectivity index (χ3n) is 3.42. The largest absolute Gasteiger partial charge is 0.260 e. The molecule has 0 fully saturated rings. The van der Waals surface area contributed by atoms with Crippen molar-refractivity contribution < 1.29 is 8.78 Å². The Labute approximate surface area is 120 Å². The number of aromatic nitrogens is 2. The standard InChI is InChI=1S/C15H29N2OS/c1-16-12-13-17(15-16)11-9-7-5-3-4-6-8-10-14-19(2)18/h12-13,15H,3-11,14H2,1-2H3/q+1. The number of aryl methyl sites for hydroxylation is 2. The number of nitrogens with zero attached hydrogens (tertiary/aromatic N) is 2. The Balaban J connectivity index is 1.82. The van der Waals surface area contributed by atoms with E-state index in [-0.39, 0.29) is 0 Å². The molecule has 0 aliphatic carbocycles. The molecule has 0 saturated carbocycles. The monoisotopic (exact) mass is 285 g/mol. The van der Waals surface area contributed by atoms with E-state index in [9.17, 15) is 4.21 Å². The van der Waals surface area contributed by atoms with Crippen LogP contribution in [-0.2, 0) is 24.4 Å². The van der Waals surface area contributed by atoms with Crippen LogP contribution in [0.25, 0.3) is 0 Å². The summed E-state index contributed by atoms with van der Waals surface area (Å²) in [5.41, 5.74) is 0. The predicted octanol–water partition coefficient (Wildman–Crippen LogP) is 2.81. The Morgan fingerprint density at radius 1 is 1.00 bits per heavy atom. The maximum absolute atomic E-state index is 10.9. The zero-order valence-electron chi connectivity index (χ0n) is 12.5. The predicted molar refractivity (Wildman–Crippen MR) is 81.5 cm³/mol. The maximum Gasteiger partial charge on any atom is 0.243 e. The molecule has 0 amide bonds. The van der Waals surface area contributed by atoms with Gasteiger partial charge in [0.25, 0.3) is 0 Å². The first-order valence-electron chi connectivity index (χ1n) is 7.49. The van der Waals surface area contributed by atoms with Crippen LogP contribution in [0.4, 0.5) is 0 Å². The molecule has 3 nitrogen and oxygen atoms in total. The Morgan fingerprint density at radius 2 is 1.58 bits per heavy atom. The van der Waals surface area contributed by atoms with E-state index in [1.807, 2.05) is 0 Å². The third-order valence-corrected chi connectivity index (χ3v) is 4.29. The van der Waals surface area contributed by atoms with Crippen LogP contribution in [0.15, 0.2) is 18.7 Å². The first-order chi connectivity index (χ1) is 9.18. The third kappa shape index (κ3) is 8.98. The Kier molecular flexibility index (Phi) is 8.80. The number of hydrogen-bond acceptors (Lipinski definition) is 1. The molecule has 4 heteroatoms. The highest BCUT2D eigenvalue weighted by Gasteiger charge is 1.99. The van der Waals surface area contributed by atoms with E-state index in [0.717, 1.165) is 18.7 Å². The number of imidazole rings is 1. The summed E-state index contributed by atoms with van der Waals surface area (Å²) in [4.78, 5) is 0. The second-order valence-corrected chi connectivity index (χ2v) is 6.98. The van der Waals surface area contributed by atoms with Crippen LogP contribution in [0, 0.1) is 0 Å². The van der Waals surface area contributed by atoms with Gasteiger partial charge in [0.05, 0.1) is 13.6 Å². The molecule has 1 rings (SSSR count). The van der Waals surface area contributed by atoms with Gasteiger partial charge in [-0.05, 0) is 19.3 Å². The average Bonchev–Trinajstić information content (AvgIpc) is 2.77. The van der Waals surface area contributed by atoms with E-state index in [1.165, 1.54) is 44.9 Å². The molecule has 0 N–H and O–H groups in total. The normalized spacial score (nSPS) is 12.7. The van der Waals surface area contributed by atoms with Gasteiger partial charge in [0, 0.05) is 22.8 Å². The van der Waals surface area contributed by atoms with Crippen molar-refractivity contribution in [1.82, 2.24) is 4.57 Å². The highest BCUT2D eigenvalue weighted by molar-refractivity contribution is 7.84. The molecule has 1 unspecified atom stereocenters. The first kappa shape index (κ1) is 16.4. The highest BCUT2D eigenvalue weighted by atomic mass is 32.2. The minimum absolute atomic E-state index is 0.598. The molecular formula is C15H29N2OS+. The molecule has 0 bridgehead atoms. The first-order valence-corrected chi connectivity index (χ1v) is 9.22. The van der Waals surface area contributed by atoms with Gasteiger partial charge in [-0.2, -0.15) is 0 Å². The second kappa shape index (κ2) is 10.2. The van der Waals surface area contributed by atoms with Crippen molar-refractivity contribution in [2.75, 3.05) is 12.0 Å². The summed E-state index contributed by atoms with van der Waals surface area (Å²) >= 11 is 0. The van der Waals surface area contributed by atoms with Gasteiger partial charge in [-0.15, -0.1) is 0 Å². The summed E-state index contributed by atoms with van der Waals surface area (Å²) in [6.45, 7) is 1.14. The van der Waals surface area contributed by atoms with E-state index in [0.29, 0.717) is 0 Å². The van der Waals surface area contributed by atoms with Gasteiger partial charge in [-0.1, -0.05) is 32.1 Å². The Bertz CT molecular complexity index is 363. The SMILES string of the molecule is C[n+]1ccn(CCCCCCCCCCS(C)=O)c1. The fraction of sp³-hybridized carbons (Fsp3) is 0.800. The van der Waals surface area contributed by atoms with E-state index >= 15 is 0 Å². The van der Waals surface area contributed by atoms with Crippen LogP contribution in [0.5, 0.6) is 0 Å². The zero-order chi connectivity index (χ0) is 13.9. The number of unbranched alkanes of at least 4 members (excludes halogenated alkanes) is 7. The van der Waals surface area contributed by atoms with Crippen LogP contribution in [-0.4, -0.2) is 20.8 Å². The summed E-state index contributed by atoms with van der Waals surface area (Å²) in [5, 5.41) is 0. The van der Waals surface area contributed by atoms with Crippen molar-refractivity contribution in [3.8, 4) is 0 Å². The molecule has 0 aliphatic rings. The molecule has 0 spiro atoms. The molecule has 0 radical (unpaired) electrons. The molecule has 1 aromatic rings. The van der Waals surface area contributed by atoms with Gasteiger partial charge in [-0.3, -0.25) is 4.21 Å². The Morgan fingerprint density at radius 3 is 2.11 bits per heavy atom.